The van der Waals surface area contributed by atoms with Gasteiger partial charge in [-0.2, -0.15) is 0 Å². The van der Waals surface area contributed by atoms with E-state index in [1.54, 1.807) is 0 Å². The van der Waals surface area contributed by atoms with Gasteiger partial charge in [0.1, 0.15) is 6.61 Å². The van der Waals surface area contributed by atoms with Crippen molar-refractivity contribution in [2.45, 2.75) is 31.3 Å². The molecule has 3 N–H and O–H groups in total. The van der Waals surface area contributed by atoms with E-state index in [0.29, 0.717) is 0 Å². The number of rotatable bonds is 4. The van der Waals surface area contributed by atoms with Gasteiger partial charge in [-0.05, 0) is 12.8 Å². The largest absolute Gasteiger partial charge is 0.447 e. The van der Waals surface area contributed by atoms with E-state index < -0.39 is 11.7 Å². The molecular formula is C9H17NO4. The van der Waals surface area contributed by atoms with Gasteiger partial charge in [-0.15, -0.1) is 0 Å². The minimum atomic E-state index is -0.752. The molecule has 0 radical (unpaired) electrons. The standard InChI is InChI=1S/C9H17NO4/c11-5-6-14-8(12)10-7-9(13)3-1-2-4-9/h11,13H,1-7H2,(H,10,12). The fourth-order valence-electron chi connectivity index (χ4n) is 1.64. The first-order valence-corrected chi connectivity index (χ1v) is 4.90. The third-order valence-electron chi connectivity index (χ3n) is 2.42. The van der Waals surface area contributed by atoms with Gasteiger partial charge in [0.2, 0.25) is 0 Å². The van der Waals surface area contributed by atoms with E-state index in [-0.39, 0.29) is 19.8 Å². The van der Waals surface area contributed by atoms with Crippen LogP contribution >= 0.6 is 0 Å². The SMILES string of the molecule is O=C(NCC1(O)CCCC1)OCCO. The predicted octanol–water partition coefficient (Wildman–Crippen LogP) is 0.01000. The van der Waals surface area contributed by atoms with Crippen LogP contribution in [0.3, 0.4) is 0 Å². The molecule has 1 amide bonds. The van der Waals surface area contributed by atoms with Gasteiger partial charge in [-0.1, -0.05) is 12.8 Å². The molecule has 1 saturated carbocycles. The zero-order valence-electron chi connectivity index (χ0n) is 8.16. The second kappa shape index (κ2) is 5.17. The number of nitrogens with one attached hydrogen (secondary N) is 1. The first-order chi connectivity index (χ1) is 6.66. The Morgan fingerprint density at radius 1 is 1.43 bits per heavy atom. The molecule has 1 aliphatic carbocycles. The Kier molecular flexibility index (Phi) is 4.16. The highest BCUT2D eigenvalue weighted by Crippen LogP contribution is 2.28. The predicted molar refractivity (Wildman–Crippen MR) is 49.9 cm³/mol. The smallest absolute Gasteiger partial charge is 0.407 e. The molecule has 0 atom stereocenters. The molecule has 1 aliphatic rings. The lowest BCUT2D eigenvalue weighted by atomic mass is 10.0. The van der Waals surface area contributed by atoms with Gasteiger partial charge < -0.3 is 20.3 Å². The van der Waals surface area contributed by atoms with Crippen LogP contribution in [0.15, 0.2) is 0 Å². The zero-order chi connectivity index (χ0) is 10.4. The molecule has 0 aromatic rings. The number of aliphatic hydroxyl groups is 2. The van der Waals surface area contributed by atoms with E-state index in [2.05, 4.69) is 10.1 Å². The maximum Gasteiger partial charge on any atom is 0.407 e. The number of alkyl carbamates (subject to hydrolysis) is 1. The highest BCUT2D eigenvalue weighted by molar-refractivity contribution is 5.67. The van der Waals surface area contributed by atoms with Crippen LogP contribution in [0, 0.1) is 0 Å². The van der Waals surface area contributed by atoms with Gasteiger partial charge >= 0.3 is 6.09 Å². The molecule has 82 valence electrons. The second-order valence-corrected chi connectivity index (χ2v) is 3.64. The Balaban J connectivity index is 2.15. The summed E-state index contributed by atoms with van der Waals surface area (Å²) in [5, 5.41) is 20.7. The maximum absolute atomic E-state index is 10.9. The van der Waals surface area contributed by atoms with E-state index in [1.807, 2.05) is 0 Å². The summed E-state index contributed by atoms with van der Waals surface area (Å²) in [6, 6.07) is 0. The highest BCUT2D eigenvalue weighted by Gasteiger charge is 2.31. The van der Waals surface area contributed by atoms with Crippen LogP contribution in [0.1, 0.15) is 25.7 Å². The average Bonchev–Trinajstić information content (AvgIpc) is 2.60. The van der Waals surface area contributed by atoms with Crippen LogP contribution in [0.4, 0.5) is 4.79 Å². The fraction of sp³-hybridized carbons (Fsp3) is 0.889. The molecule has 0 saturated heterocycles. The van der Waals surface area contributed by atoms with Crippen LogP contribution in [-0.4, -0.2) is 41.7 Å². The Morgan fingerprint density at radius 3 is 2.64 bits per heavy atom. The summed E-state index contributed by atoms with van der Waals surface area (Å²) in [5.41, 5.74) is -0.752. The van der Waals surface area contributed by atoms with Crippen LogP contribution in [0.25, 0.3) is 0 Å². The molecule has 14 heavy (non-hydrogen) atoms. The normalized spacial score (nSPS) is 19.3. The maximum atomic E-state index is 10.9. The Morgan fingerprint density at radius 2 is 2.07 bits per heavy atom. The molecule has 1 rings (SSSR count). The lowest BCUT2D eigenvalue weighted by Gasteiger charge is -2.21. The molecule has 0 spiro atoms. The zero-order valence-corrected chi connectivity index (χ0v) is 8.16. The Hall–Kier alpha value is -0.810. The molecule has 0 aliphatic heterocycles. The third kappa shape index (κ3) is 3.51. The molecule has 0 heterocycles. The van der Waals surface area contributed by atoms with Crippen LogP contribution in [-0.2, 0) is 4.74 Å². The van der Waals surface area contributed by atoms with E-state index >= 15 is 0 Å². The first-order valence-electron chi connectivity index (χ1n) is 4.90. The van der Waals surface area contributed by atoms with Crippen molar-refractivity contribution in [2.24, 2.45) is 0 Å². The van der Waals surface area contributed by atoms with Crippen molar-refractivity contribution in [3.63, 3.8) is 0 Å². The van der Waals surface area contributed by atoms with Crippen molar-refractivity contribution in [1.29, 1.82) is 0 Å². The second-order valence-electron chi connectivity index (χ2n) is 3.64. The topological polar surface area (TPSA) is 78.8 Å². The Bertz CT molecular complexity index is 189. The molecule has 0 aromatic carbocycles. The average molecular weight is 203 g/mol. The molecule has 0 bridgehead atoms. The molecule has 5 nitrogen and oxygen atoms in total. The van der Waals surface area contributed by atoms with E-state index in [9.17, 15) is 9.90 Å². The van der Waals surface area contributed by atoms with Crippen molar-refractivity contribution in [3.05, 3.63) is 0 Å². The number of hydrogen-bond acceptors (Lipinski definition) is 4. The number of carbonyl (C=O) groups is 1. The summed E-state index contributed by atoms with van der Waals surface area (Å²) in [4.78, 5) is 10.9. The molecule has 5 heteroatoms. The highest BCUT2D eigenvalue weighted by atomic mass is 16.6. The van der Waals surface area contributed by atoms with Crippen molar-refractivity contribution < 1.29 is 19.7 Å². The van der Waals surface area contributed by atoms with Crippen LogP contribution in [0.2, 0.25) is 0 Å². The Labute approximate surface area is 83.1 Å². The number of ether oxygens (including phenoxy) is 1. The summed E-state index contributed by atoms with van der Waals surface area (Å²) < 4.78 is 4.58. The summed E-state index contributed by atoms with van der Waals surface area (Å²) in [5.74, 6) is 0. The fourth-order valence-corrected chi connectivity index (χ4v) is 1.64. The summed E-state index contributed by atoms with van der Waals surface area (Å²) in [6.07, 6.45) is 2.88. The number of carbonyl (C=O) groups excluding carboxylic acids is 1. The summed E-state index contributed by atoms with van der Waals surface area (Å²) in [7, 11) is 0. The minimum absolute atomic E-state index is 0.00966. The van der Waals surface area contributed by atoms with Crippen LogP contribution in [0.5, 0.6) is 0 Å². The monoisotopic (exact) mass is 203 g/mol. The molecular weight excluding hydrogens is 186 g/mol. The molecule has 0 aromatic heterocycles. The lowest BCUT2D eigenvalue weighted by Crippen LogP contribution is -2.41. The van der Waals surface area contributed by atoms with Gasteiger partial charge in [-0.25, -0.2) is 4.79 Å². The minimum Gasteiger partial charge on any atom is -0.447 e. The van der Waals surface area contributed by atoms with Gasteiger partial charge in [0.15, 0.2) is 0 Å². The van der Waals surface area contributed by atoms with Gasteiger partial charge in [0.25, 0.3) is 0 Å². The quantitative estimate of drug-likeness (QED) is 0.601. The lowest BCUT2D eigenvalue weighted by molar-refractivity contribution is 0.0439. The third-order valence-corrected chi connectivity index (χ3v) is 2.42. The van der Waals surface area contributed by atoms with Crippen LogP contribution < -0.4 is 5.32 Å². The van der Waals surface area contributed by atoms with Crippen molar-refractivity contribution in [1.82, 2.24) is 5.32 Å². The van der Waals surface area contributed by atoms with E-state index in [1.165, 1.54) is 0 Å². The van der Waals surface area contributed by atoms with Gasteiger partial charge in [0, 0.05) is 6.54 Å². The number of hydrogen-bond donors (Lipinski definition) is 3. The summed E-state index contributed by atoms with van der Waals surface area (Å²) >= 11 is 0. The van der Waals surface area contributed by atoms with Gasteiger partial charge in [0.05, 0.1) is 12.2 Å². The van der Waals surface area contributed by atoms with Crippen molar-refractivity contribution >= 4 is 6.09 Å². The molecule has 1 fully saturated rings. The van der Waals surface area contributed by atoms with E-state index in [0.717, 1.165) is 25.7 Å². The first kappa shape index (κ1) is 11.3. The van der Waals surface area contributed by atoms with Crippen molar-refractivity contribution in [2.75, 3.05) is 19.8 Å². The number of aliphatic hydroxyl groups excluding tert-OH is 1. The van der Waals surface area contributed by atoms with E-state index in [4.69, 9.17) is 5.11 Å². The summed E-state index contributed by atoms with van der Waals surface area (Å²) in [6.45, 7) is 0.0409. The van der Waals surface area contributed by atoms with Gasteiger partial charge in [-0.3, -0.25) is 0 Å². The molecule has 0 unspecified atom stereocenters. The number of amides is 1. The van der Waals surface area contributed by atoms with Crippen molar-refractivity contribution in [3.8, 4) is 0 Å².